The van der Waals surface area contributed by atoms with Gasteiger partial charge in [0.15, 0.2) is 0 Å². The van der Waals surface area contributed by atoms with E-state index in [4.69, 9.17) is 4.74 Å². The molecule has 1 aliphatic heterocycles. The number of hydrogen-bond acceptors (Lipinski definition) is 4. The van der Waals surface area contributed by atoms with E-state index in [1.54, 1.807) is 13.2 Å². The SMILES string of the molecule is CCCC(/C=C1\SC(=O)NC1=O)OC. The topological polar surface area (TPSA) is 55.4 Å². The molecule has 0 bridgehead atoms. The lowest BCUT2D eigenvalue weighted by atomic mass is 10.2. The number of thioether (sulfide) groups is 1. The molecule has 1 saturated heterocycles. The maximum Gasteiger partial charge on any atom is 0.290 e. The van der Waals surface area contributed by atoms with Gasteiger partial charge in [-0.25, -0.2) is 0 Å². The molecule has 0 spiro atoms. The summed E-state index contributed by atoms with van der Waals surface area (Å²) in [6.07, 6.45) is 3.44. The largest absolute Gasteiger partial charge is 0.377 e. The molecule has 2 amide bonds. The summed E-state index contributed by atoms with van der Waals surface area (Å²) in [6.45, 7) is 2.04. The van der Waals surface area contributed by atoms with E-state index in [9.17, 15) is 9.59 Å². The highest BCUT2D eigenvalue weighted by atomic mass is 32.2. The fraction of sp³-hybridized carbons (Fsp3) is 0.556. The molecule has 78 valence electrons. The van der Waals surface area contributed by atoms with Gasteiger partial charge in [-0.1, -0.05) is 13.3 Å². The van der Waals surface area contributed by atoms with Crippen LogP contribution in [0.2, 0.25) is 0 Å². The van der Waals surface area contributed by atoms with Crippen LogP contribution in [0.4, 0.5) is 4.79 Å². The number of amides is 2. The number of carbonyl (C=O) groups excluding carboxylic acids is 2. The van der Waals surface area contributed by atoms with E-state index in [1.165, 1.54) is 0 Å². The zero-order valence-corrected chi connectivity index (χ0v) is 9.02. The lowest BCUT2D eigenvalue weighted by molar-refractivity contribution is -0.115. The predicted octanol–water partition coefficient (Wildman–Crippen LogP) is 1.67. The Kier molecular flexibility index (Phi) is 4.16. The van der Waals surface area contributed by atoms with Crippen LogP contribution in [0.1, 0.15) is 19.8 Å². The van der Waals surface area contributed by atoms with Gasteiger partial charge in [0.05, 0.1) is 11.0 Å². The van der Waals surface area contributed by atoms with E-state index in [-0.39, 0.29) is 17.3 Å². The lowest BCUT2D eigenvalue weighted by Crippen LogP contribution is -2.18. The van der Waals surface area contributed by atoms with Crippen LogP contribution in [0.25, 0.3) is 0 Å². The molecule has 1 rings (SSSR count). The molecule has 0 aromatic carbocycles. The minimum Gasteiger partial charge on any atom is -0.377 e. The van der Waals surface area contributed by atoms with E-state index in [0.29, 0.717) is 4.91 Å². The standard InChI is InChI=1S/C9H13NO3S/c1-3-4-6(13-2)5-7-8(11)10-9(12)14-7/h5-6H,3-4H2,1-2H3,(H,10,11,12)/b7-5-. The first-order chi connectivity index (χ1) is 6.67. The van der Waals surface area contributed by atoms with Crippen LogP contribution < -0.4 is 5.32 Å². The first kappa shape index (κ1) is 11.3. The van der Waals surface area contributed by atoms with Crippen LogP contribution >= 0.6 is 11.8 Å². The molecule has 1 aliphatic rings. The minimum atomic E-state index is -0.321. The first-order valence-corrected chi connectivity index (χ1v) is 5.26. The molecule has 1 fully saturated rings. The molecular formula is C9H13NO3S. The third-order valence-electron chi connectivity index (χ3n) is 1.86. The smallest absolute Gasteiger partial charge is 0.290 e. The molecule has 14 heavy (non-hydrogen) atoms. The highest BCUT2D eigenvalue weighted by Gasteiger charge is 2.25. The summed E-state index contributed by atoms with van der Waals surface area (Å²) in [4.78, 5) is 22.4. The Morgan fingerprint density at radius 1 is 1.57 bits per heavy atom. The summed E-state index contributed by atoms with van der Waals surface area (Å²) in [5.74, 6) is -0.321. The monoisotopic (exact) mass is 215 g/mol. The van der Waals surface area contributed by atoms with Crippen LogP contribution in [-0.2, 0) is 9.53 Å². The van der Waals surface area contributed by atoms with Gasteiger partial charge in [0.1, 0.15) is 0 Å². The molecule has 0 saturated carbocycles. The van der Waals surface area contributed by atoms with Crippen molar-refractivity contribution in [1.82, 2.24) is 5.32 Å². The molecule has 1 atom stereocenters. The maximum absolute atomic E-state index is 11.2. The van der Waals surface area contributed by atoms with E-state index >= 15 is 0 Å². The van der Waals surface area contributed by atoms with Crippen molar-refractivity contribution < 1.29 is 14.3 Å². The van der Waals surface area contributed by atoms with Gasteiger partial charge in [0.25, 0.3) is 11.1 Å². The molecule has 4 nitrogen and oxygen atoms in total. The average Bonchev–Trinajstić information content (AvgIpc) is 2.44. The Morgan fingerprint density at radius 3 is 2.71 bits per heavy atom. The fourth-order valence-corrected chi connectivity index (χ4v) is 1.87. The highest BCUT2D eigenvalue weighted by Crippen LogP contribution is 2.24. The molecule has 1 heterocycles. The van der Waals surface area contributed by atoms with Gasteiger partial charge in [0.2, 0.25) is 0 Å². The summed E-state index contributed by atoms with van der Waals surface area (Å²) in [5, 5.41) is 1.89. The first-order valence-electron chi connectivity index (χ1n) is 4.45. The summed E-state index contributed by atoms with van der Waals surface area (Å²) in [5.41, 5.74) is 0. The van der Waals surface area contributed by atoms with Crippen LogP contribution in [-0.4, -0.2) is 24.4 Å². The summed E-state index contributed by atoms with van der Waals surface area (Å²) >= 11 is 0.925. The number of methoxy groups -OCH3 is 1. The second kappa shape index (κ2) is 5.17. The number of rotatable bonds is 4. The van der Waals surface area contributed by atoms with Crippen LogP contribution in [0.5, 0.6) is 0 Å². The van der Waals surface area contributed by atoms with Gasteiger partial charge >= 0.3 is 0 Å². The summed E-state index contributed by atoms with van der Waals surface area (Å²) < 4.78 is 5.16. The summed E-state index contributed by atoms with van der Waals surface area (Å²) in [7, 11) is 1.59. The molecular weight excluding hydrogens is 202 g/mol. The van der Waals surface area contributed by atoms with Crippen molar-refractivity contribution in [3.05, 3.63) is 11.0 Å². The Labute approximate surface area is 87.1 Å². The van der Waals surface area contributed by atoms with E-state index in [0.717, 1.165) is 24.6 Å². The molecule has 1 unspecified atom stereocenters. The van der Waals surface area contributed by atoms with Gasteiger partial charge in [-0.3, -0.25) is 14.9 Å². The Hall–Kier alpha value is -0.810. The lowest BCUT2D eigenvalue weighted by Gasteiger charge is -2.08. The number of carbonyl (C=O) groups is 2. The van der Waals surface area contributed by atoms with Gasteiger partial charge in [-0.15, -0.1) is 0 Å². The van der Waals surface area contributed by atoms with Crippen molar-refractivity contribution in [3.63, 3.8) is 0 Å². The zero-order chi connectivity index (χ0) is 10.6. The fourth-order valence-electron chi connectivity index (χ4n) is 1.16. The van der Waals surface area contributed by atoms with Crippen LogP contribution in [0.15, 0.2) is 11.0 Å². The van der Waals surface area contributed by atoms with Gasteiger partial charge < -0.3 is 4.74 Å². The second-order valence-electron chi connectivity index (χ2n) is 2.94. The number of imide groups is 1. The maximum atomic E-state index is 11.2. The molecule has 0 aliphatic carbocycles. The normalized spacial score (nSPS) is 21.4. The van der Waals surface area contributed by atoms with Crippen molar-refractivity contribution >= 4 is 22.9 Å². The Bertz CT molecular complexity index is 275. The van der Waals surface area contributed by atoms with Gasteiger partial charge in [-0.05, 0) is 24.3 Å². The zero-order valence-electron chi connectivity index (χ0n) is 8.20. The van der Waals surface area contributed by atoms with Crippen molar-refractivity contribution in [2.24, 2.45) is 0 Å². The summed E-state index contributed by atoms with van der Waals surface area (Å²) in [6, 6.07) is 0. The van der Waals surface area contributed by atoms with Gasteiger partial charge in [-0.2, -0.15) is 0 Å². The third-order valence-corrected chi connectivity index (χ3v) is 2.68. The number of nitrogens with one attached hydrogen (secondary N) is 1. The van der Waals surface area contributed by atoms with Crippen molar-refractivity contribution in [2.45, 2.75) is 25.9 Å². The van der Waals surface area contributed by atoms with Crippen molar-refractivity contribution in [3.8, 4) is 0 Å². The molecule has 0 aromatic rings. The number of ether oxygens (including phenoxy) is 1. The predicted molar refractivity (Wildman–Crippen MR) is 54.9 cm³/mol. The van der Waals surface area contributed by atoms with Gasteiger partial charge in [0, 0.05) is 7.11 Å². The van der Waals surface area contributed by atoms with Crippen molar-refractivity contribution in [2.75, 3.05) is 7.11 Å². The van der Waals surface area contributed by atoms with E-state index < -0.39 is 0 Å². The van der Waals surface area contributed by atoms with E-state index in [2.05, 4.69) is 5.32 Å². The number of hydrogen-bond donors (Lipinski definition) is 1. The second-order valence-corrected chi connectivity index (χ2v) is 3.95. The Morgan fingerprint density at radius 2 is 2.29 bits per heavy atom. The molecule has 1 N–H and O–H groups in total. The third kappa shape index (κ3) is 2.85. The van der Waals surface area contributed by atoms with Crippen LogP contribution in [0.3, 0.4) is 0 Å². The average molecular weight is 215 g/mol. The van der Waals surface area contributed by atoms with Crippen molar-refractivity contribution in [1.29, 1.82) is 0 Å². The molecule has 5 heteroatoms. The van der Waals surface area contributed by atoms with Crippen LogP contribution in [0, 0.1) is 0 Å². The minimum absolute atomic E-state index is 0.0841. The Balaban J connectivity index is 2.65. The molecule has 0 radical (unpaired) electrons. The molecule has 0 aromatic heterocycles. The van der Waals surface area contributed by atoms with E-state index in [1.807, 2.05) is 6.92 Å². The quantitative estimate of drug-likeness (QED) is 0.725. The highest BCUT2D eigenvalue weighted by molar-refractivity contribution is 8.18.